The fraction of sp³-hybridized carbons (Fsp3) is 0.500. The molecule has 2 aliphatic rings. The van der Waals surface area contributed by atoms with Gasteiger partial charge in [-0.25, -0.2) is 0 Å². The number of para-hydroxylation sites is 1. The van der Waals surface area contributed by atoms with Crippen LogP contribution in [-0.4, -0.2) is 42.0 Å². The van der Waals surface area contributed by atoms with E-state index < -0.39 is 0 Å². The standard InChI is InChI=1S/C18H22N2O2/c21-18-8-11-22-12-14(18)16-6-3-10-20(16)17-7-9-19-15-5-2-1-4-13(15)17/h1-2,4-5,7,9,14,16,18,21H,3,6,8,10-12H2/t14-,16-,18-/m1/s1. The second-order valence-electron chi connectivity index (χ2n) is 6.34. The van der Waals surface area contributed by atoms with Gasteiger partial charge in [-0.1, -0.05) is 18.2 Å². The summed E-state index contributed by atoms with van der Waals surface area (Å²) in [5.74, 6) is 0.211. The molecule has 0 bridgehead atoms. The van der Waals surface area contributed by atoms with E-state index in [0.29, 0.717) is 19.3 Å². The first kappa shape index (κ1) is 14.0. The maximum Gasteiger partial charge on any atom is 0.0722 e. The molecule has 2 aliphatic heterocycles. The topological polar surface area (TPSA) is 45.6 Å². The second-order valence-corrected chi connectivity index (χ2v) is 6.34. The molecule has 1 aromatic heterocycles. The third kappa shape index (κ3) is 2.36. The predicted octanol–water partition coefficient (Wildman–Crippen LogP) is 2.60. The van der Waals surface area contributed by atoms with Crippen LogP contribution in [0, 0.1) is 5.92 Å². The Morgan fingerprint density at radius 1 is 1.18 bits per heavy atom. The Kier molecular flexibility index (Phi) is 3.72. The van der Waals surface area contributed by atoms with E-state index in [0.717, 1.165) is 24.9 Å². The smallest absolute Gasteiger partial charge is 0.0722 e. The molecule has 0 spiro atoms. The van der Waals surface area contributed by atoms with Gasteiger partial charge in [0.1, 0.15) is 0 Å². The van der Waals surface area contributed by atoms with Gasteiger partial charge in [0.2, 0.25) is 0 Å². The van der Waals surface area contributed by atoms with E-state index in [1.54, 1.807) is 0 Å². The number of pyridine rings is 1. The summed E-state index contributed by atoms with van der Waals surface area (Å²) in [4.78, 5) is 6.93. The second kappa shape index (κ2) is 5.86. The predicted molar refractivity (Wildman–Crippen MR) is 87.0 cm³/mol. The summed E-state index contributed by atoms with van der Waals surface area (Å²) in [7, 11) is 0. The van der Waals surface area contributed by atoms with E-state index in [9.17, 15) is 5.11 Å². The van der Waals surface area contributed by atoms with Gasteiger partial charge in [0.05, 0.1) is 18.2 Å². The van der Waals surface area contributed by atoms with Crippen LogP contribution in [0.4, 0.5) is 5.69 Å². The average molecular weight is 298 g/mol. The van der Waals surface area contributed by atoms with Gasteiger partial charge in [0.15, 0.2) is 0 Å². The molecule has 2 saturated heterocycles. The monoisotopic (exact) mass is 298 g/mol. The van der Waals surface area contributed by atoms with Gasteiger partial charge in [-0.15, -0.1) is 0 Å². The third-order valence-corrected chi connectivity index (χ3v) is 5.09. The Hall–Kier alpha value is -1.65. The van der Waals surface area contributed by atoms with Crippen molar-refractivity contribution < 1.29 is 9.84 Å². The number of aliphatic hydroxyl groups is 1. The minimum atomic E-state index is -0.243. The van der Waals surface area contributed by atoms with Gasteiger partial charge in [0.25, 0.3) is 0 Å². The Balaban J connectivity index is 1.70. The van der Waals surface area contributed by atoms with E-state index in [2.05, 4.69) is 34.1 Å². The van der Waals surface area contributed by atoms with Crippen molar-refractivity contribution in [3.05, 3.63) is 36.5 Å². The first-order valence-corrected chi connectivity index (χ1v) is 8.21. The number of fused-ring (bicyclic) bond motifs is 1. The molecule has 4 rings (SSSR count). The molecule has 3 atom stereocenters. The van der Waals surface area contributed by atoms with Gasteiger partial charge in [-0.2, -0.15) is 0 Å². The summed E-state index contributed by atoms with van der Waals surface area (Å²) in [6.45, 7) is 2.40. The quantitative estimate of drug-likeness (QED) is 0.925. The highest BCUT2D eigenvalue weighted by Gasteiger charge is 2.38. The minimum Gasteiger partial charge on any atom is -0.393 e. The third-order valence-electron chi connectivity index (χ3n) is 5.09. The van der Waals surface area contributed by atoms with Crippen molar-refractivity contribution in [1.29, 1.82) is 0 Å². The first-order valence-electron chi connectivity index (χ1n) is 8.21. The number of benzene rings is 1. The van der Waals surface area contributed by atoms with Crippen molar-refractivity contribution in [3.8, 4) is 0 Å². The van der Waals surface area contributed by atoms with Gasteiger partial charge >= 0.3 is 0 Å². The van der Waals surface area contributed by atoms with Gasteiger partial charge in [-0.05, 0) is 31.4 Å². The molecule has 22 heavy (non-hydrogen) atoms. The zero-order valence-corrected chi connectivity index (χ0v) is 12.7. The summed E-state index contributed by atoms with van der Waals surface area (Å²) < 4.78 is 5.64. The van der Waals surface area contributed by atoms with Crippen LogP contribution in [0.2, 0.25) is 0 Å². The Bertz CT molecular complexity index is 655. The molecular weight excluding hydrogens is 276 g/mol. The van der Waals surface area contributed by atoms with Gasteiger partial charge < -0.3 is 14.7 Å². The molecule has 2 aromatic rings. The number of hydrogen-bond donors (Lipinski definition) is 1. The highest BCUT2D eigenvalue weighted by Crippen LogP contribution is 2.36. The molecule has 1 N–H and O–H groups in total. The molecular formula is C18H22N2O2. The van der Waals surface area contributed by atoms with Crippen molar-refractivity contribution in [3.63, 3.8) is 0 Å². The van der Waals surface area contributed by atoms with E-state index >= 15 is 0 Å². The molecule has 0 radical (unpaired) electrons. The van der Waals surface area contributed by atoms with Crippen molar-refractivity contribution in [2.75, 3.05) is 24.7 Å². The normalized spacial score (nSPS) is 29.1. The average Bonchev–Trinajstić information content (AvgIpc) is 3.04. The van der Waals surface area contributed by atoms with Crippen LogP contribution in [0.1, 0.15) is 19.3 Å². The van der Waals surface area contributed by atoms with Crippen LogP contribution in [0.5, 0.6) is 0 Å². The largest absolute Gasteiger partial charge is 0.393 e. The molecule has 116 valence electrons. The maximum atomic E-state index is 10.4. The molecule has 4 heteroatoms. The number of aliphatic hydroxyl groups excluding tert-OH is 1. The fourth-order valence-electron chi connectivity index (χ4n) is 3.98. The highest BCUT2D eigenvalue weighted by atomic mass is 16.5. The van der Waals surface area contributed by atoms with Crippen molar-refractivity contribution in [1.82, 2.24) is 4.98 Å². The Labute approximate surface area is 130 Å². The Morgan fingerprint density at radius 3 is 3.00 bits per heavy atom. The summed E-state index contributed by atoms with van der Waals surface area (Å²) in [6.07, 6.45) is 4.70. The number of aromatic nitrogens is 1. The number of anilines is 1. The summed E-state index contributed by atoms with van der Waals surface area (Å²) in [6, 6.07) is 10.8. The first-order chi connectivity index (χ1) is 10.8. The van der Waals surface area contributed by atoms with Crippen LogP contribution in [-0.2, 0) is 4.74 Å². The molecule has 1 aromatic carbocycles. The lowest BCUT2D eigenvalue weighted by molar-refractivity contribution is -0.0437. The van der Waals surface area contributed by atoms with Crippen LogP contribution in [0.3, 0.4) is 0 Å². The number of rotatable bonds is 2. The minimum absolute atomic E-state index is 0.211. The SMILES string of the molecule is O[C@@H]1CCOC[C@@H]1[C@H]1CCCN1c1ccnc2ccccc12. The summed E-state index contributed by atoms with van der Waals surface area (Å²) in [5, 5.41) is 11.6. The van der Waals surface area contributed by atoms with Crippen LogP contribution >= 0.6 is 0 Å². The summed E-state index contributed by atoms with van der Waals surface area (Å²) in [5.41, 5.74) is 2.27. The van der Waals surface area contributed by atoms with Crippen LogP contribution < -0.4 is 4.90 Å². The molecule has 0 saturated carbocycles. The van der Waals surface area contributed by atoms with E-state index in [-0.39, 0.29) is 12.0 Å². The van der Waals surface area contributed by atoms with E-state index in [1.165, 1.54) is 17.5 Å². The highest BCUT2D eigenvalue weighted by molar-refractivity contribution is 5.91. The zero-order valence-electron chi connectivity index (χ0n) is 12.7. The lowest BCUT2D eigenvalue weighted by Gasteiger charge is -2.38. The van der Waals surface area contributed by atoms with E-state index in [1.807, 2.05) is 12.3 Å². The van der Waals surface area contributed by atoms with Gasteiger partial charge in [0, 0.05) is 42.4 Å². The number of hydrogen-bond acceptors (Lipinski definition) is 4. The van der Waals surface area contributed by atoms with Crippen molar-refractivity contribution in [2.24, 2.45) is 5.92 Å². The molecule has 0 aliphatic carbocycles. The number of nitrogens with zero attached hydrogens (tertiary/aromatic N) is 2. The maximum absolute atomic E-state index is 10.4. The molecule has 0 amide bonds. The van der Waals surface area contributed by atoms with Crippen LogP contribution in [0.15, 0.2) is 36.5 Å². The van der Waals surface area contributed by atoms with Crippen LogP contribution in [0.25, 0.3) is 10.9 Å². The van der Waals surface area contributed by atoms with Crippen molar-refractivity contribution in [2.45, 2.75) is 31.4 Å². The lowest BCUT2D eigenvalue weighted by atomic mass is 9.89. The van der Waals surface area contributed by atoms with Gasteiger partial charge in [-0.3, -0.25) is 4.98 Å². The lowest BCUT2D eigenvalue weighted by Crippen LogP contribution is -2.46. The fourth-order valence-corrected chi connectivity index (χ4v) is 3.98. The molecule has 2 fully saturated rings. The summed E-state index contributed by atoms with van der Waals surface area (Å²) >= 11 is 0. The number of ether oxygens (including phenoxy) is 1. The molecule has 0 unspecified atom stereocenters. The van der Waals surface area contributed by atoms with E-state index in [4.69, 9.17) is 4.74 Å². The Morgan fingerprint density at radius 2 is 2.09 bits per heavy atom. The molecule has 4 nitrogen and oxygen atoms in total. The molecule has 3 heterocycles. The zero-order chi connectivity index (χ0) is 14.9. The van der Waals surface area contributed by atoms with Crippen molar-refractivity contribution >= 4 is 16.6 Å².